The van der Waals surface area contributed by atoms with Crippen molar-refractivity contribution >= 4 is 15.9 Å². The third kappa shape index (κ3) is 3.32. The Kier molecular flexibility index (Phi) is 5.03. The van der Waals surface area contributed by atoms with E-state index in [1.54, 1.807) is 20.4 Å². The average Bonchev–Trinajstić information content (AvgIpc) is 2.85. The predicted molar refractivity (Wildman–Crippen MR) is 81.0 cm³/mol. The summed E-state index contributed by atoms with van der Waals surface area (Å²) in [6.07, 6.45) is 1.79. The molecule has 2 aromatic rings. The van der Waals surface area contributed by atoms with Gasteiger partial charge in [-0.15, -0.1) is 0 Å². The van der Waals surface area contributed by atoms with E-state index in [2.05, 4.69) is 26.3 Å². The summed E-state index contributed by atoms with van der Waals surface area (Å²) in [5, 5.41) is 7.53. The van der Waals surface area contributed by atoms with Gasteiger partial charge in [0.1, 0.15) is 0 Å². The molecule has 0 bridgehead atoms. The zero-order valence-corrected chi connectivity index (χ0v) is 13.4. The molecular formula is C14H18BrN3O2. The molecule has 0 saturated heterocycles. The molecular weight excluding hydrogens is 322 g/mol. The second kappa shape index (κ2) is 6.76. The van der Waals surface area contributed by atoms with Crippen molar-refractivity contribution in [2.24, 2.45) is 7.05 Å². The van der Waals surface area contributed by atoms with Crippen LogP contribution in [0.1, 0.15) is 11.3 Å². The molecule has 0 saturated carbocycles. The van der Waals surface area contributed by atoms with Gasteiger partial charge in [-0.3, -0.25) is 4.68 Å². The van der Waals surface area contributed by atoms with Gasteiger partial charge in [0.2, 0.25) is 0 Å². The van der Waals surface area contributed by atoms with Crippen LogP contribution in [0.2, 0.25) is 0 Å². The molecule has 2 rings (SSSR count). The summed E-state index contributed by atoms with van der Waals surface area (Å²) in [4.78, 5) is 0. The van der Waals surface area contributed by atoms with E-state index in [4.69, 9.17) is 9.47 Å². The van der Waals surface area contributed by atoms with Crippen molar-refractivity contribution in [3.05, 3.63) is 40.1 Å². The Bertz CT molecular complexity index is 584. The summed E-state index contributed by atoms with van der Waals surface area (Å²) in [5.41, 5.74) is 2.26. The Morgan fingerprint density at radius 2 is 1.90 bits per heavy atom. The van der Waals surface area contributed by atoms with Crippen molar-refractivity contribution in [3.8, 4) is 11.5 Å². The van der Waals surface area contributed by atoms with Gasteiger partial charge in [-0.25, -0.2) is 0 Å². The molecule has 0 atom stereocenters. The smallest absolute Gasteiger partial charge is 0.161 e. The van der Waals surface area contributed by atoms with Crippen LogP contribution in [0, 0.1) is 0 Å². The van der Waals surface area contributed by atoms with Crippen LogP contribution in [0.4, 0.5) is 0 Å². The van der Waals surface area contributed by atoms with Gasteiger partial charge >= 0.3 is 0 Å². The molecule has 0 spiro atoms. The van der Waals surface area contributed by atoms with Crippen LogP contribution in [-0.2, 0) is 20.1 Å². The van der Waals surface area contributed by atoms with Crippen LogP contribution in [-0.4, -0.2) is 24.0 Å². The fourth-order valence-corrected chi connectivity index (χ4v) is 2.39. The highest BCUT2D eigenvalue weighted by Gasteiger charge is 2.09. The Morgan fingerprint density at radius 3 is 2.50 bits per heavy atom. The lowest BCUT2D eigenvalue weighted by Gasteiger charge is -2.12. The van der Waals surface area contributed by atoms with Gasteiger partial charge < -0.3 is 14.8 Å². The number of benzene rings is 1. The van der Waals surface area contributed by atoms with Gasteiger partial charge in [0.25, 0.3) is 0 Å². The van der Waals surface area contributed by atoms with Gasteiger partial charge in [0.15, 0.2) is 11.5 Å². The normalized spacial score (nSPS) is 10.6. The second-order valence-electron chi connectivity index (χ2n) is 4.35. The first-order chi connectivity index (χ1) is 9.65. The van der Waals surface area contributed by atoms with E-state index >= 15 is 0 Å². The molecule has 0 fully saturated rings. The highest BCUT2D eigenvalue weighted by atomic mass is 79.9. The zero-order chi connectivity index (χ0) is 14.5. The molecule has 0 aliphatic heterocycles. The number of hydrogen-bond acceptors (Lipinski definition) is 4. The predicted octanol–water partition coefficient (Wildman–Crippen LogP) is 2.49. The van der Waals surface area contributed by atoms with Gasteiger partial charge in [-0.05, 0) is 23.8 Å². The van der Waals surface area contributed by atoms with E-state index in [9.17, 15) is 0 Å². The molecule has 1 aromatic heterocycles. The van der Waals surface area contributed by atoms with Gasteiger partial charge in [-0.2, -0.15) is 5.10 Å². The molecule has 20 heavy (non-hydrogen) atoms. The summed E-state index contributed by atoms with van der Waals surface area (Å²) in [6, 6.07) is 5.88. The number of halogens is 1. The van der Waals surface area contributed by atoms with E-state index < -0.39 is 0 Å². The largest absolute Gasteiger partial charge is 0.493 e. The summed E-state index contributed by atoms with van der Waals surface area (Å²) in [5.74, 6) is 1.45. The number of ether oxygens (including phenoxy) is 2. The van der Waals surface area contributed by atoms with Crippen LogP contribution in [0.15, 0.2) is 28.9 Å². The molecule has 1 N–H and O–H groups in total. The van der Waals surface area contributed by atoms with E-state index in [0.29, 0.717) is 0 Å². The third-order valence-corrected chi connectivity index (χ3v) is 3.83. The second-order valence-corrected chi connectivity index (χ2v) is 5.20. The minimum absolute atomic E-state index is 0.717. The standard InChI is InChI=1S/C14H18BrN3O2/c1-18-11(4-5-17-18)9-16-8-10-6-13(19-2)14(20-3)7-12(10)15/h4-7,16H,8-9H2,1-3H3. The summed E-state index contributed by atoms with van der Waals surface area (Å²) in [6.45, 7) is 1.49. The summed E-state index contributed by atoms with van der Waals surface area (Å²) >= 11 is 3.55. The molecule has 1 heterocycles. The summed E-state index contributed by atoms with van der Waals surface area (Å²) in [7, 11) is 5.20. The number of nitrogens with zero attached hydrogens (tertiary/aromatic N) is 2. The average molecular weight is 340 g/mol. The van der Waals surface area contributed by atoms with Gasteiger partial charge in [-0.1, -0.05) is 15.9 Å². The Balaban J connectivity index is 2.04. The monoisotopic (exact) mass is 339 g/mol. The molecule has 0 amide bonds. The van der Waals surface area contributed by atoms with Crippen LogP contribution in [0.5, 0.6) is 11.5 Å². The summed E-state index contributed by atoms with van der Waals surface area (Å²) < 4.78 is 13.4. The van der Waals surface area contributed by atoms with Crippen LogP contribution < -0.4 is 14.8 Å². The van der Waals surface area contributed by atoms with Gasteiger partial charge in [0.05, 0.1) is 19.9 Å². The first-order valence-corrected chi connectivity index (χ1v) is 7.03. The maximum atomic E-state index is 5.32. The number of aromatic nitrogens is 2. The SMILES string of the molecule is COc1cc(Br)c(CNCc2ccnn2C)cc1OC. The molecule has 6 heteroatoms. The lowest BCUT2D eigenvalue weighted by atomic mass is 10.2. The van der Waals surface area contributed by atoms with Crippen molar-refractivity contribution < 1.29 is 9.47 Å². The Hall–Kier alpha value is -1.53. The molecule has 1 aromatic carbocycles. The van der Waals surface area contributed by atoms with Crippen LogP contribution >= 0.6 is 15.9 Å². The lowest BCUT2D eigenvalue weighted by molar-refractivity contribution is 0.354. The Morgan fingerprint density at radius 1 is 1.20 bits per heavy atom. The van der Waals surface area contributed by atoms with E-state index in [1.807, 2.05) is 29.9 Å². The van der Waals surface area contributed by atoms with Crippen LogP contribution in [0.3, 0.4) is 0 Å². The van der Waals surface area contributed by atoms with Crippen molar-refractivity contribution in [3.63, 3.8) is 0 Å². The maximum absolute atomic E-state index is 5.32. The number of methoxy groups -OCH3 is 2. The zero-order valence-electron chi connectivity index (χ0n) is 11.8. The fraction of sp³-hybridized carbons (Fsp3) is 0.357. The van der Waals surface area contributed by atoms with Crippen LogP contribution in [0.25, 0.3) is 0 Å². The first kappa shape index (κ1) is 14.9. The third-order valence-electron chi connectivity index (χ3n) is 3.10. The fourth-order valence-electron chi connectivity index (χ4n) is 1.93. The molecule has 0 radical (unpaired) electrons. The topological polar surface area (TPSA) is 48.3 Å². The van der Waals surface area contributed by atoms with Gasteiger partial charge in [0, 0.05) is 30.8 Å². The van der Waals surface area contributed by atoms with E-state index in [-0.39, 0.29) is 0 Å². The molecule has 5 nitrogen and oxygen atoms in total. The van der Waals surface area contributed by atoms with E-state index in [0.717, 1.165) is 40.3 Å². The number of aryl methyl sites for hydroxylation is 1. The number of hydrogen-bond donors (Lipinski definition) is 1. The molecule has 108 valence electrons. The van der Waals surface area contributed by atoms with Crippen molar-refractivity contribution in [1.82, 2.24) is 15.1 Å². The molecule has 0 aliphatic carbocycles. The Labute approximate surface area is 127 Å². The number of nitrogens with one attached hydrogen (secondary N) is 1. The van der Waals surface area contributed by atoms with Crippen molar-refractivity contribution in [1.29, 1.82) is 0 Å². The van der Waals surface area contributed by atoms with E-state index in [1.165, 1.54) is 0 Å². The first-order valence-electron chi connectivity index (χ1n) is 6.23. The minimum Gasteiger partial charge on any atom is -0.493 e. The number of rotatable bonds is 6. The highest BCUT2D eigenvalue weighted by molar-refractivity contribution is 9.10. The quantitative estimate of drug-likeness (QED) is 0.878. The minimum atomic E-state index is 0.717. The molecule has 0 unspecified atom stereocenters. The molecule has 0 aliphatic rings. The van der Waals surface area contributed by atoms with Crippen molar-refractivity contribution in [2.45, 2.75) is 13.1 Å². The van der Waals surface area contributed by atoms with Crippen molar-refractivity contribution in [2.75, 3.05) is 14.2 Å². The lowest BCUT2D eigenvalue weighted by Crippen LogP contribution is -2.15. The maximum Gasteiger partial charge on any atom is 0.161 e. The highest BCUT2D eigenvalue weighted by Crippen LogP contribution is 2.33.